The number of amides is 2. The van der Waals surface area contributed by atoms with Gasteiger partial charge in [0.15, 0.2) is 0 Å². The van der Waals surface area contributed by atoms with Crippen LogP contribution in [0.2, 0.25) is 0 Å². The summed E-state index contributed by atoms with van der Waals surface area (Å²) in [5.74, 6) is -0.460. The van der Waals surface area contributed by atoms with Gasteiger partial charge in [-0.05, 0) is 12.1 Å². The first-order chi connectivity index (χ1) is 8.24. The van der Waals surface area contributed by atoms with Gasteiger partial charge in [0, 0.05) is 18.5 Å². The van der Waals surface area contributed by atoms with Crippen molar-refractivity contribution in [2.75, 3.05) is 13.1 Å². The fourth-order valence-corrected chi connectivity index (χ4v) is 1.21. The number of nitrogens with one attached hydrogen (secondary N) is 2. The van der Waals surface area contributed by atoms with Gasteiger partial charge in [-0.15, -0.1) is 0 Å². The first-order valence-electron chi connectivity index (χ1n) is 5.21. The molecule has 0 aliphatic heterocycles. The van der Waals surface area contributed by atoms with E-state index in [1.54, 1.807) is 30.3 Å². The molecule has 17 heavy (non-hydrogen) atoms. The monoisotopic (exact) mass is 231 g/mol. The minimum atomic E-state index is -0.250. The van der Waals surface area contributed by atoms with E-state index in [0.717, 1.165) is 0 Å². The van der Waals surface area contributed by atoms with Crippen LogP contribution in [0.1, 0.15) is 16.8 Å². The summed E-state index contributed by atoms with van der Waals surface area (Å²) >= 11 is 0. The van der Waals surface area contributed by atoms with Crippen molar-refractivity contribution in [2.24, 2.45) is 0 Å². The van der Waals surface area contributed by atoms with E-state index in [1.807, 2.05) is 6.07 Å². The van der Waals surface area contributed by atoms with Gasteiger partial charge in [-0.25, -0.2) is 0 Å². The van der Waals surface area contributed by atoms with Gasteiger partial charge in [0.1, 0.15) is 6.54 Å². The molecule has 0 atom stereocenters. The first-order valence-corrected chi connectivity index (χ1v) is 5.21. The van der Waals surface area contributed by atoms with Crippen molar-refractivity contribution in [3.8, 4) is 6.07 Å². The molecule has 88 valence electrons. The van der Waals surface area contributed by atoms with Crippen LogP contribution in [0.25, 0.3) is 0 Å². The van der Waals surface area contributed by atoms with E-state index in [-0.39, 0.29) is 31.3 Å². The Hall–Kier alpha value is -2.35. The van der Waals surface area contributed by atoms with E-state index in [9.17, 15) is 9.59 Å². The van der Waals surface area contributed by atoms with Crippen molar-refractivity contribution >= 4 is 11.8 Å². The Bertz CT molecular complexity index is 423. The van der Waals surface area contributed by atoms with Gasteiger partial charge in [0.05, 0.1) is 6.07 Å². The van der Waals surface area contributed by atoms with Crippen LogP contribution in [0.3, 0.4) is 0 Å². The molecule has 0 aliphatic rings. The molecular weight excluding hydrogens is 218 g/mol. The second kappa shape index (κ2) is 7.01. The van der Waals surface area contributed by atoms with Crippen molar-refractivity contribution in [1.82, 2.24) is 10.6 Å². The molecule has 0 saturated carbocycles. The van der Waals surface area contributed by atoms with Crippen LogP contribution in [-0.4, -0.2) is 24.9 Å². The second-order valence-electron chi connectivity index (χ2n) is 3.31. The Labute approximate surface area is 99.4 Å². The normalized spacial score (nSPS) is 9.12. The van der Waals surface area contributed by atoms with Gasteiger partial charge >= 0.3 is 0 Å². The molecule has 2 amide bonds. The number of nitrogens with zero attached hydrogens (tertiary/aromatic N) is 1. The number of hydrogen-bond acceptors (Lipinski definition) is 3. The van der Waals surface area contributed by atoms with Gasteiger partial charge in [0.25, 0.3) is 5.91 Å². The van der Waals surface area contributed by atoms with Crippen LogP contribution < -0.4 is 10.6 Å². The average molecular weight is 231 g/mol. The Balaban J connectivity index is 2.26. The number of benzene rings is 1. The van der Waals surface area contributed by atoms with Gasteiger partial charge in [-0.1, -0.05) is 18.2 Å². The molecule has 0 bridgehead atoms. The number of nitriles is 1. The molecule has 0 spiro atoms. The Kier molecular flexibility index (Phi) is 5.25. The maximum absolute atomic E-state index is 11.5. The van der Waals surface area contributed by atoms with Gasteiger partial charge in [-0.2, -0.15) is 5.26 Å². The molecule has 0 unspecified atom stereocenters. The molecule has 0 saturated heterocycles. The fourth-order valence-electron chi connectivity index (χ4n) is 1.21. The predicted molar refractivity (Wildman–Crippen MR) is 62.0 cm³/mol. The van der Waals surface area contributed by atoms with E-state index in [0.29, 0.717) is 5.56 Å². The lowest BCUT2D eigenvalue weighted by Gasteiger charge is -2.04. The maximum Gasteiger partial charge on any atom is 0.251 e. The molecule has 1 aromatic carbocycles. The zero-order valence-electron chi connectivity index (χ0n) is 9.27. The first kappa shape index (κ1) is 12.7. The minimum absolute atomic E-state index is 0.00847. The van der Waals surface area contributed by atoms with E-state index in [4.69, 9.17) is 5.26 Å². The molecule has 0 radical (unpaired) electrons. The zero-order valence-corrected chi connectivity index (χ0v) is 9.27. The lowest BCUT2D eigenvalue weighted by atomic mass is 10.2. The van der Waals surface area contributed by atoms with E-state index in [1.165, 1.54) is 0 Å². The third-order valence-corrected chi connectivity index (χ3v) is 2.04. The number of carbonyl (C=O) groups excluding carboxylic acids is 2. The highest BCUT2D eigenvalue weighted by molar-refractivity contribution is 5.94. The van der Waals surface area contributed by atoms with Crippen LogP contribution in [0.15, 0.2) is 30.3 Å². The summed E-state index contributed by atoms with van der Waals surface area (Å²) in [5.41, 5.74) is 0.560. The molecule has 0 aromatic heterocycles. The Morgan fingerprint density at radius 1 is 1.18 bits per heavy atom. The van der Waals surface area contributed by atoms with Crippen LogP contribution in [0.5, 0.6) is 0 Å². The maximum atomic E-state index is 11.5. The molecule has 5 heteroatoms. The lowest BCUT2D eigenvalue weighted by Crippen LogP contribution is -2.30. The lowest BCUT2D eigenvalue weighted by molar-refractivity contribution is -0.120. The van der Waals surface area contributed by atoms with E-state index >= 15 is 0 Å². The van der Waals surface area contributed by atoms with Crippen molar-refractivity contribution in [1.29, 1.82) is 5.26 Å². The number of rotatable bonds is 5. The van der Waals surface area contributed by atoms with Crippen LogP contribution in [0, 0.1) is 11.3 Å². The smallest absolute Gasteiger partial charge is 0.251 e. The molecule has 1 aromatic rings. The standard InChI is InChI=1S/C12H13N3O2/c13-7-9-14-11(16)6-8-15-12(17)10-4-2-1-3-5-10/h1-5H,6,8-9H2,(H,14,16)(H,15,17). The largest absolute Gasteiger partial charge is 0.352 e. The van der Waals surface area contributed by atoms with Crippen LogP contribution in [-0.2, 0) is 4.79 Å². The third kappa shape index (κ3) is 4.80. The van der Waals surface area contributed by atoms with E-state index in [2.05, 4.69) is 10.6 Å². The minimum Gasteiger partial charge on any atom is -0.352 e. The van der Waals surface area contributed by atoms with Crippen molar-refractivity contribution in [2.45, 2.75) is 6.42 Å². The summed E-state index contributed by atoms with van der Waals surface area (Å²) in [6.07, 6.45) is 0.167. The highest BCUT2D eigenvalue weighted by atomic mass is 16.2. The summed E-state index contributed by atoms with van der Waals surface area (Å²) in [4.78, 5) is 22.7. The summed E-state index contributed by atoms with van der Waals surface area (Å²) in [7, 11) is 0. The number of carbonyl (C=O) groups is 2. The summed E-state index contributed by atoms with van der Waals surface area (Å²) in [6, 6.07) is 10.6. The predicted octanol–water partition coefficient (Wildman–Crippen LogP) is 0.446. The van der Waals surface area contributed by atoms with Crippen LogP contribution >= 0.6 is 0 Å². The summed E-state index contributed by atoms with van der Waals surface area (Å²) in [6.45, 7) is 0.246. The Morgan fingerprint density at radius 3 is 2.53 bits per heavy atom. The molecule has 0 aliphatic carbocycles. The highest BCUT2D eigenvalue weighted by Gasteiger charge is 2.05. The van der Waals surface area contributed by atoms with Crippen molar-refractivity contribution in [3.05, 3.63) is 35.9 Å². The average Bonchev–Trinajstić information content (AvgIpc) is 2.37. The van der Waals surface area contributed by atoms with E-state index < -0.39 is 0 Å². The SMILES string of the molecule is N#CCNC(=O)CCNC(=O)c1ccccc1. The molecule has 2 N–H and O–H groups in total. The molecular formula is C12H13N3O2. The van der Waals surface area contributed by atoms with Crippen molar-refractivity contribution < 1.29 is 9.59 Å². The van der Waals surface area contributed by atoms with Gasteiger partial charge in [-0.3, -0.25) is 9.59 Å². The molecule has 0 heterocycles. The summed E-state index contributed by atoms with van der Waals surface area (Å²) < 4.78 is 0. The molecule has 5 nitrogen and oxygen atoms in total. The third-order valence-electron chi connectivity index (χ3n) is 2.04. The Morgan fingerprint density at radius 2 is 1.88 bits per heavy atom. The second-order valence-corrected chi connectivity index (χ2v) is 3.31. The van der Waals surface area contributed by atoms with Gasteiger partial charge < -0.3 is 10.6 Å². The molecule has 0 fully saturated rings. The van der Waals surface area contributed by atoms with Crippen LogP contribution in [0.4, 0.5) is 0 Å². The fraction of sp³-hybridized carbons (Fsp3) is 0.250. The highest BCUT2D eigenvalue weighted by Crippen LogP contribution is 1.97. The zero-order chi connectivity index (χ0) is 12.5. The summed E-state index contributed by atoms with van der Waals surface area (Å²) in [5, 5.41) is 13.3. The molecule has 1 rings (SSSR count). The topological polar surface area (TPSA) is 82.0 Å². The van der Waals surface area contributed by atoms with Crippen molar-refractivity contribution in [3.63, 3.8) is 0 Å². The number of hydrogen-bond donors (Lipinski definition) is 2. The van der Waals surface area contributed by atoms with Gasteiger partial charge in [0.2, 0.25) is 5.91 Å². The quantitative estimate of drug-likeness (QED) is 0.722.